The molecule has 122 valence electrons. The van der Waals surface area contributed by atoms with Crippen molar-refractivity contribution >= 4 is 0 Å². The lowest BCUT2D eigenvalue weighted by molar-refractivity contribution is 0.0436. The fraction of sp³-hybridized carbons (Fsp3) is 0.389. The minimum atomic E-state index is 0.00825. The van der Waals surface area contributed by atoms with E-state index in [1.807, 2.05) is 24.4 Å². The van der Waals surface area contributed by atoms with Crippen LogP contribution in [0.25, 0.3) is 0 Å². The van der Waals surface area contributed by atoms with Crippen molar-refractivity contribution < 1.29 is 18.9 Å². The SMILES string of the molecule is COc1cc(C2CCC(c3cccnc3)O2)cc(OC)c1OC. The number of aromatic nitrogens is 1. The van der Waals surface area contributed by atoms with Crippen molar-refractivity contribution in [1.82, 2.24) is 4.98 Å². The van der Waals surface area contributed by atoms with Gasteiger partial charge in [-0.1, -0.05) is 6.07 Å². The molecule has 0 aliphatic carbocycles. The number of methoxy groups -OCH3 is 3. The van der Waals surface area contributed by atoms with Crippen LogP contribution < -0.4 is 14.2 Å². The first-order valence-corrected chi connectivity index (χ1v) is 7.62. The highest BCUT2D eigenvalue weighted by molar-refractivity contribution is 5.54. The maximum Gasteiger partial charge on any atom is 0.203 e. The summed E-state index contributed by atoms with van der Waals surface area (Å²) in [7, 11) is 4.84. The molecule has 1 aromatic heterocycles. The van der Waals surface area contributed by atoms with Crippen molar-refractivity contribution in [3.63, 3.8) is 0 Å². The molecular formula is C18H21NO4. The fourth-order valence-corrected chi connectivity index (χ4v) is 2.98. The molecule has 0 radical (unpaired) electrons. The molecule has 2 aromatic rings. The fourth-order valence-electron chi connectivity index (χ4n) is 2.98. The van der Waals surface area contributed by atoms with Crippen molar-refractivity contribution in [2.75, 3.05) is 21.3 Å². The molecule has 2 heterocycles. The average Bonchev–Trinajstić information content (AvgIpc) is 3.11. The molecule has 2 unspecified atom stereocenters. The summed E-state index contributed by atoms with van der Waals surface area (Å²) in [5, 5.41) is 0. The zero-order valence-corrected chi connectivity index (χ0v) is 13.6. The van der Waals surface area contributed by atoms with Crippen molar-refractivity contribution in [2.45, 2.75) is 25.0 Å². The number of rotatable bonds is 5. The Bertz CT molecular complexity index is 634. The third-order valence-electron chi connectivity index (χ3n) is 4.13. The smallest absolute Gasteiger partial charge is 0.203 e. The van der Waals surface area contributed by atoms with Crippen molar-refractivity contribution in [2.24, 2.45) is 0 Å². The molecule has 0 bridgehead atoms. The molecule has 1 aliphatic heterocycles. The van der Waals surface area contributed by atoms with E-state index in [1.165, 1.54) is 0 Å². The zero-order chi connectivity index (χ0) is 16.2. The van der Waals surface area contributed by atoms with Gasteiger partial charge in [0, 0.05) is 12.4 Å². The van der Waals surface area contributed by atoms with Crippen molar-refractivity contribution in [3.8, 4) is 17.2 Å². The second-order valence-electron chi connectivity index (χ2n) is 5.44. The topological polar surface area (TPSA) is 49.8 Å². The molecule has 5 nitrogen and oxygen atoms in total. The first-order chi connectivity index (χ1) is 11.3. The second-order valence-corrected chi connectivity index (χ2v) is 5.44. The van der Waals surface area contributed by atoms with E-state index in [4.69, 9.17) is 18.9 Å². The molecule has 1 aliphatic rings. The monoisotopic (exact) mass is 315 g/mol. The van der Waals surface area contributed by atoms with E-state index in [2.05, 4.69) is 11.1 Å². The highest BCUT2D eigenvalue weighted by Crippen LogP contribution is 2.45. The maximum atomic E-state index is 6.21. The van der Waals surface area contributed by atoms with Crippen molar-refractivity contribution in [3.05, 3.63) is 47.8 Å². The molecule has 1 aromatic carbocycles. The van der Waals surface area contributed by atoms with E-state index in [0.717, 1.165) is 24.0 Å². The van der Waals surface area contributed by atoms with Crippen LogP contribution in [0.1, 0.15) is 36.2 Å². The van der Waals surface area contributed by atoms with Crippen LogP contribution in [0.3, 0.4) is 0 Å². The molecular weight excluding hydrogens is 294 g/mol. The number of hydrogen-bond donors (Lipinski definition) is 0. The van der Waals surface area contributed by atoms with Gasteiger partial charge in [0.05, 0.1) is 33.5 Å². The van der Waals surface area contributed by atoms with Gasteiger partial charge in [0.1, 0.15) is 0 Å². The molecule has 0 N–H and O–H groups in total. The number of nitrogens with zero attached hydrogens (tertiary/aromatic N) is 1. The minimum absolute atomic E-state index is 0.00825. The van der Waals surface area contributed by atoms with Gasteiger partial charge in [-0.2, -0.15) is 0 Å². The van der Waals surface area contributed by atoms with Gasteiger partial charge in [0.2, 0.25) is 5.75 Å². The van der Waals surface area contributed by atoms with E-state index < -0.39 is 0 Å². The van der Waals surface area contributed by atoms with Crippen LogP contribution in [-0.4, -0.2) is 26.3 Å². The van der Waals surface area contributed by atoms with E-state index >= 15 is 0 Å². The third-order valence-corrected chi connectivity index (χ3v) is 4.13. The van der Waals surface area contributed by atoms with Crippen molar-refractivity contribution in [1.29, 1.82) is 0 Å². The van der Waals surface area contributed by atoms with E-state index in [9.17, 15) is 0 Å². The van der Waals surface area contributed by atoms with Crippen LogP contribution in [0.5, 0.6) is 17.2 Å². The summed E-state index contributed by atoms with van der Waals surface area (Å²) in [6, 6.07) is 7.90. The van der Waals surface area contributed by atoms with Gasteiger partial charge < -0.3 is 18.9 Å². The molecule has 3 rings (SSSR count). The maximum absolute atomic E-state index is 6.21. The predicted molar refractivity (Wildman–Crippen MR) is 86.1 cm³/mol. The Balaban J connectivity index is 1.85. The number of ether oxygens (including phenoxy) is 4. The van der Waals surface area contributed by atoms with Crippen LogP contribution >= 0.6 is 0 Å². The summed E-state index contributed by atoms with van der Waals surface area (Å²) in [6.07, 6.45) is 5.63. The van der Waals surface area contributed by atoms with Crippen LogP contribution in [0.2, 0.25) is 0 Å². The summed E-state index contributed by atoms with van der Waals surface area (Å²) in [6.45, 7) is 0. The predicted octanol–water partition coefficient (Wildman–Crippen LogP) is 3.70. The first-order valence-electron chi connectivity index (χ1n) is 7.62. The van der Waals surface area contributed by atoms with Gasteiger partial charge >= 0.3 is 0 Å². The Kier molecular flexibility index (Phi) is 4.67. The summed E-state index contributed by atoms with van der Waals surface area (Å²) >= 11 is 0. The van der Waals surface area contributed by atoms with E-state index in [0.29, 0.717) is 17.2 Å². The Morgan fingerprint density at radius 3 is 2.13 bits per heavy atom. The lowest BCUT2D eigenvalue weighted by Gasteiger charge is -2.18. The molecule has 5 heteroatoms. The number of pyridine rings is 1. The average molecular weight is 315 g/mol. The lowest BCUT2D eigenvalue weighted by Crippen LogP contribution is -2.02. The second kappa shape index (κ2) is 6.87. The zero-order valence-electron chi connectivity index (χ0n) is 13.6. The number of benzene rings is 1. The number of hydrogen-bond acceptors (Lipinski definition) is 5. The molecule has 1 saturated heterocycles. The van der Waals surface area contributed by atoms with Crippen LogP contribution in [-0.2, 0) is 4.74 Å². The van der Waals surface area contributed by atoms with Gasteiger partial charge in [-0.15, -0.1) is 0 Å². The normalized spacial score (nSPS) is 20.3. The van der Waals surface area contributed by atoms with Gasteiger partial charge in [0.15, 0.2) is 11.5 Å². The minimum Gasteiger partial charge on any atom is -0.493 e. The van der Waals surface area contributed by atoms with Crippen LogP contribution in [0.4, 0.5) is 0 Å². The highest BCUT2D eigenvalue weighted by Gasteiger charge is 2.29. The Morgan fingerprint density at radius 1 is 0.957 bits per heavy atom. The summed E-state index contributed by atoms with van der Waals surface area (Å²) in [5.74, 6) is 1.89. The standard InChI is InChI=1S/C18H21NO4/c1-20-16-9-13(10-17(21-2)18(16)22-3)15-7-6-14(23-15)12-5-4-8-19-11-12/h4-5,8-11,14-15H,6-7H2,1-3H3. The molecule has 2 atom stereocenters. The lowest BCUT2D eigenvalue weighted by atomic mass is 10.0. The van der Waals surface area contributed by atoms with Gasteiger partial charge in [-0.25, -0.2) is 0 Å². The highest BCUT2D eigenvalue weighted by atomic mass is 16.5. The Hall–Kier alpha value is -2.27. The Labute approximate surface area is 136 Å². The first kappa shape index (κ1) is 15.6. The largest absolute Gasteiger partial charge is 0.493 e. The third kappa shape index (κ3) is 3.10. The molecule has 1 fully saturated rings. The van der Waals surface area contributed by atoms with E-state index in [-0.39, 0.29) is 12.2 Å². The summed E-state index contributed by atoms with van der Waals surface area (Å²) in [4.78, 5) is 4.17. The van der Waals surface area contributed by atoms with Crippen LogP contribution in [0.15, 0.2) is 36.7 Å². The Morgan fingerprint density at radius 2 is 1.61 bits per heavy atom. The molecule has 23 heavy (non-hydrogen) atoms. The van der Waals surface area contributed by atoms with E-state index in [1.54, 1.807) is 27.5 Å². The van der Waals surface area contributed by atoms with Gasteiger partial charge in [0.25, 0.3) is 0 Å². The van der Waals surface area contributed by atoms with Gasteiger partial charge in [-0.3, -0.25) is 4.98 Å². The quantitative estimate of drug-likeness (QED) is 0.842. The molecule has 0 amide bonds. The molecule has 0 spiro atoms. The summed E-state index contributed by atoms with van der Waals surface area (Å²) in [5.41, 5.74) is 2.15. The van der Waals surface area contributed by atoms with Crippen LogP contribution in [0, 0.1) is 0 Å². The molecule has 0 saturated carbocycles. The van der Waals surface area contributed by atoms with Gasteiger partial charge in [-0.05, 0) is 42.2 Å². The summed E-state index contributed by atoms with van der Waals surface area (Å²) < 4.78 is 22.4.